The van der Waals surface area contributed by atoms with Gasteiger partial charge in [-0.1, -0.05) is 60.7 Å². The Morgan fingerprint density at radius 1 is 0.769 bits per heavy atom. The van der Waals surface area contributed by atoms with E-state index < -0.39 is 0 Å². The number of ketones is 1. The van der Waals surface area contributed by atoms with Crippen LogP contribution in [0.25, 0.3) is 6.08 Å². The lowest BCUT2D eigenvalue weighted by molar-refractivity contribution is -0.00284. The molecule has 0 N–H and O–H groups in total. The van der Waals surface area contributed by atoms with Crippen molar-refractivity contribution in [2.24, 2.45) is 23.7 Å². The molecule has 4 bridgehead atoms. The lowest BCUT2D eigenvalue weighted by atomic mass is 9.50. The Morgan fingerprint density at radius 2 is 1.38 bits per heavy atom. The van der Waals surface area contributed by atoms with Crippen molar-refractivity contribution in [3.63, 3.8) is 0 Å². The average Bonchev–Trinajstić information content (AvgIpc) is 2.67. The first-order chi connectivity index (χ1) is 12.8. The third kappa shape index (κ3) is 2.84. The topological polar surface area (TPSA) is 17.1 Å². The zero-order valence-corrected chi connectivity index (χ0v) is 15.2. The molecule has 1 heteroatoms. The second-order valence-electron chi connectivity index (χ2n) is 8.65. The summed E-state index contributed by atoms with van der Waals surface area (Å²) in [6, 6.07) is 18.3. The number of hydrogen-bond acceptors (Lipinski definition) is 1. The van der Waals surface area contributed by atoms with Crippen molar-refractivity contribution in [2.75, 3.05) is 0 Å². The van der Waals surface area contributed by atoms with E-state index in [1.54, 1.807) is 6.08 Å². The molecule has 0 aliphatic heterocycles. The second-order valence-corrected chi connectivity index (χ2v) is 8.65. The molecule has 0 atom stereocenters. The summed E-state index contributed by atoms with van der Waals surface area (Å²) in [5, 5.41) is 0. The van der Waals surface area contributed by atoms with Gasteiger partial charge in [0.05, 0.1) is 0 Å². The summed E-state index contributed by atoms with van der Waals surface area (Å²) in [6.45, 7) is 0. The maximum atomic E-state index is 12.5. The van der Waals surface area contributed by atoms with Crippen LogP contribution in [0.15, 0.2) is 60.7 Å². The minimum Gasteiger partial charge on any atom is -0.289 e. The zero-order valence-electron chi connectivity index (χ0n) is 15.2. The van der Waals surface area contributed by atoms with E-state index in [4.69, 9.17) is 0 Å². The molecule has 1 nitrogen and oxygen atoms in total. The zero-order chi connectivity index (χ0) is 17.5. The summed E-state index contributed by atoms with van der Waals surface area (Å²) < 4.78 is 0. The predicted octanol–water partition coefficient (Wildman–Crippen LogP) is 6.12. The molecule has 0 heterocycles. The van der Waals surface area contributed by atoms with Gasteiger partial charge in [-0.3, -0.25) is 4.79 Å². The van der Waals surface area contributed by atoms with Gasteiger partial charge in [0.2, 0.25) is 0 Å². The maximum absolute atomic E-state index is 12.5. The van der Waals surface area contributed by atoms with E-state index in [0.29, 0.717) is 5.92 Å². The molecule has 0 spiro atoms. The van der Waals surface area contributed by atoms with Crippen LogP contribution in [0.1, 0.15) is 59.5 Å². The predicted molar refractivity (Wildman–Crippen MR) is 106 cm³/mol. The summed E-state index contributed by atoms with van der Waals surface area (Å²) >= 11 is 0. The summed E-state index contributed by atoms with van der Waals surface area (Å²) in [6.07, 6.45) is 11.0. The minimum atomic E-state index is 0.0884. The minimum absolute atomic E-state index is 0.0884. The molecule has 4 aliphatic carbocycles. The lowest BCUT2D eigenvalue weighted by Gasteiger charge is -2.55. The number of hydrogen-bond donors (Lipinski definition) is 0. The molecule has 0 amide bonds. The summed E-state index contributed by atoms with van der Waals surface area (Å²) in [5.41, 5.74) is 3.49. The molecule has 4 aliphatic rings. The van der Waals surface area contributed by atoms with Crippen LogP contribution >= 0.6 is 0 Å². The Kier molecular flexibility index (Phi) is 4.04. The molecule has 0 aromatic heterocycles. The van der Waals surface area contributed by atoms with Gasteiger partial charge in [0.1, 0.15) is 0 Å². The monoisotopic (exact) mass is 342 g/mol. The van der Waals surface area contributed by atoms with Gasteiger partial charge >= 0.3 is 0 Å². The van der Waals surface area contributed by atoms with Crippen LogP contribution in [-0.2, 0) is 0 Å². The van der Waals surface area contributed by atoms with E-state index in [1.807, 2.05) is 30.3 Å². The average molecular weight is 342 g/mol. The van der Waals surface area contributed by atoms with Crippen molar-refractivity contribution in [3.8, 4) is 0 Å². The van der Waals surface area contributed by atoms with Crippen LogP contribution in [0.3, 0.4) is 0 Å². The van der Waals surface area contributed by atoms with Gasteiger partial charge in [0, 0.05) is 5.56 Å². The van der Waals surface area contributed by atoms with Crippen LogP contribution in [0.5, 0.6) is 0 Å². The van der Waals surface area contributed by atoms with Crippen LogP contribution in [-0.4, -0.2) is 5.78 Å². The van der Waals surface area contributed by atoms with Crippen LogP contribution in [0, 0.1) is 23.7 Å². The highest BCUT2D eigenvalue weighted by molar-refractivity contribution is 6.06. The molecular formula is C25H26O. The normalized spacial score (nSPS) is 32.2. The van der Waals surface area contributed by atoms with E-state index in [2.05, 4.69) is 30.3 Å². The SMILES string of the molecule is O=C(C=Cc1ccccc1C1C2CC3CC(C2)CC1C3)c1ccccc1. The lowest BCUT2D eigenvalue weighted by Crippen LogP contribution is -2.43. The van der Waals surface area contributed by atoms with Crippen LogP contribution in [0.2, 0.25) is 0 Å². The van der Waals surface area contributed by atoms with Gasteiger partial charge in [0.15, 0.2) is 5.78 Å². The standard InChI is InChI=1S/C25H26O/c26-24(20-7-2-1-3-8-20)11-10-19-6-4-5-9-23(19)25-21-13-17-12-18(15-21)16-22(25)14-17/h1-11,17-18,21-22,25H,12-16H2. The highest BCUT2D eigenvalue weighted by atomic mass is 16.1. The number of benzene rings is 2. The first kappa shape index (κ1) is 16.1. The van der Waals surface area contributed by atoms with E-state index in [9.17, 15) is 4.79 Å². The van der Waals surface area contributed by atoms with Crippen LogP contribution in [0.4, 0.5) is 0 Å². The molecular weight excluding hydrogens is 316 g/mol. The smallest absolute Gasteiger partial charge is 0.185 e. The molecule has 132 valence electrons. The maximum Gasteiger partial charge on any atom is 0.185 e. The first-order valence-corrected chi connectivity index (χ1v) is 10.1. The van der Waals surface area contributed by atoms with Gasteiger partial charge in [-0.05, 0) is 78.9 Å². The van der Waals surface area contributed by atoms with E-state index >= 15 is 0 Å². The Bertz CT molecular complexity index is 804. The fourth-order valence-corrected chi connectivity index (χ4v) is 6.26. The van der Waals surface area contributed by atoms with E-state index in [1.165, 1.54) is 43.2 Å². The molecule has 0 unspecified atom stereocenters. The number of rotatable bonds is 4. The quantitative estimate of drug-likeness (QED) is 0.483. The highest BCUT2D eigenvalue weighted by Crippen LogP contribution is 2.60. The van der Waals surface area contributed by atoms with Gasteiger partial charge < -0.3 is 0 Å². The Hall–Kier alpha value is -2.15. The number of carbonyl (C=O) groups is 1. The molecule has 2 aromatic carbocycles. The van der Waals surface area contributed by atoms with E-state index in [-0.39, 0.29) is 5.78 Å². The Labute approximate surface area is 156 Å². The van der Waals surface area contributed by atoms with E-state index in [0.717, 1.165) is 29.2 Å². The third-order valence-corrected chi connectivity index (χ3v) is 7.05. The number of carbonyl (C=O) groups excluding carboxylic acids is 1. The fraction of sp³-hybridized carbons (Fsp3) is 0.400. The van der Waals surface area contributed by atoms with Crippen molar-refractivity contribution in [3.05, 3.63) is 77.4 Å². The van der Waals surface area contributed by atoms with Gasteiger partial charge in [-0.2, -0.15) is 0 Å². The summed E-state index contributed by atoms with van der Waals surface area (Å²) in [4.78, 5) is 12.5. The van der Waals surface area contributed by atoms with Crippen molar-refractivity contribution in [1.82, 2.24) is 0 Å². The molecule has 6 rings (SSSR count). The Morgan fingerprint density at radius 3 is 2.08 bits per heavy atom. The van der Waals surface area contributed by atoms with Crippen molar-refractivity contribution >= 4 is 11.9 Å². The van der Waals surface area contributed by atoms with Crippen molar-refractivity contribution in [2.45, 2.75) is 38.0 Å². The Balaban J connectivity index is 1.43. The summed E-state index contributed by atoms with van der Waals surface area (Å²) in [7, 11) is 0. The summed E-state index contributed by atoms with van der Waals surface area (Å²) in [5.74, 6) is 4.52. The molecule has 2 aromatic rings. The highest BCUT2D eigenvalue weighted by Gasteiger charge is 2.48. The van der Waals surface area contributed by atoms with Gasteiger partial charge in [-0.25, -0.2) is 0 Å². The van der Waals surface area contributed by atoms with Crippen molar-refractivity contribution in [1.29, 1.82) is 0 Å². The fourth-order valence-electron chi connectivity index (χ4n) is 6.26. The molecule has 4 saturated carbocycles. The second kappa shape index (κ2) is 6.54. The number of allylic oxidation sites excluding steroid dienone is 1. The molecule has 4 fully saturated rings. The molecule has 0 saturated heterocycles. The first-order valence-electron chi connectivity index (χ1n) is 10.1. The van der Waals surface area contributed by atoms with Crippen molar-refractivity contribution < 1.29 is 4.79 Å². The third-order valence-electron chi connectivity index (χ3n) is 7.05. The molecule has 26 heavy (non-hydrogen) atoms. The van der Waals surface area contributed by atoms with Gasteiger partial charge in [0.25, 0.3) is 0 Å². The van der Waals surface area contributed by atoms with Crippen LogP contribution < -0.4 is 0 Å². The van der Waals surface area contributed by atoms with Gasteiger partial charge in [-0.15, -0.1) is 0 Å². The largest absolute Gasteiger partial charge is 0.289 e. The molecule has 0 radical (unpaired) electrons.